The number of rotatable bonds is 1. The Morgan fingerprint density at radius 3 is 2.83 bits per heavy atom. The number of ether oxygens (including phenoxy) is 1. The molecule has 5 heteroatoms. The molecule has 0 unspecified atom stereocenters. The van der Waals surface area contributed by atoms with Gasteiger partial charge in [0.15, 0.2) is 0 Å². The molecule has 1 saturated heterocycles. The highest BCUT2D eigenvalue weighted by Gasteiger charge is 2.31. The van der Waals surface area contributed by atoms with E-state index in [4.69, 9.17) is 0 Å². The van der Waals surface area contributed by atoms with Crippen LogP contribution in [0.25, 0.3) is 0 Å². The number of nitrogens with one attached hydrogen (secondary N) is 1. The fraction of sp³-hybridized carbons (Fsp3) is 0.857. The van der Waals surface area contributed by atoms with Crippen molar-refractivity contribution in [3.05, 3.63) is 0 Å². The Morgan fingerprint density at radius 2 is 2.33 bits per heavy atom. The SMILES string of the molecule is COC(=O)[C@H]1NCCC[C@H]1F.Cl. The van der Waals surface area contributed by atoms with Gasteiger partial charge in [-0.15, -0.1) is 12.4 Å². The van der Waals surface area contributed by atoms with Crippen LogP contribution >= 0.6 is 12.4 Å². The van der Waals surface area contributed by atoms with Gasteiger partial charge in [0.25, 0.3) is 0 Å². The number of alkyl halides is 1. The lowest BCUT2D eigenvalue weighted by Gasteiger charge is -2.24. The first kappa shape index (κ1) is 11.6. The smallest absolute Gasteiger partial charge is 0.325 e. The monoisotopic (exact) mass is 197 g/mol. The molecule has 1 aliphatic rings. The summed E-state index contributed by atoms with van der Waals surface area (Å²) in [5.41, 5.74) is 0. The summed E-state index contributed by atoms with van der Waals surface area (Å²) in [4.78, 5) is 10.9. The second-order valence-electron chi connectivity index (χ2n) is 2.61. The molecule has 12 heavy (non-hydrogen) atoms. The minimum atomic E-state index is -1.09. The summed E-state index contributed by atoms with van der Waals surface area (Å²) >= 11 is 0. The number of halogens is 2. The van der Waals surface area contributed by atoms with Crippen molar-refractivity contribution in [1.82, 2.24) is 5.32 Å². The number of methoxy groups -OCH3 is 1. The normalized spacial score (nSPS) is 28.8. The molecule has 0 bridgehead atoms. The van der Waals surface area contributed by atoms with Gasteiger partial charge < -0.3 is 10.1 Å². The van der Waals surface area contributed by atoms with Crippen LogP contribution in [-0.2, 0) is 9.53 Å². The summed E-state index contributed by atoms with van der Waals surface area (Å²) in [6.07, 6.45) is 0.151. The van der Waals surface area contributed by atoms with Crippen molar-refractivity contribution in [1.29, 1.82) is 0 Å². The number of carbonyl (C=O) groups excluding carboxylic acids is 1. The van der Waals surface area contributed by atoms with Crippen molar-refractivity contribution in [3.8, 4) is 0 Å². The van der Waals surface area contributed by atoms with Crippen LogP contribution in [-0.4, -0.2) is 31.8 Å². The second kappa shape index (κ2) is 5.32. The Bertz CT molecular complexity index is 156. The van der Waals surface area contributed by atoms with Gasteiger partial charge in [-0.25, -0.2) is 4.39 Å². The van der Waals surface area contributed by atoms with E-state index in [2.05, 4.69) is 10.1 Å². The van der Waals surface area contributed by atoms with Gasteiger partial charge in [-0.05, 0) is 19.4 Å². The Kier molecular flexibility index (Phi) is 5.17. The number of carbonyl (C=O) groups is 1. The Balaban J connectivity index is 0.00000121. The van der Waals surface area contributed by atoms with E-state index in [0.29, 0.717) is 13.0 Å². The molecule has 1 fully saturated rings. The van der Waals surface area contributed by atoms with Crippen LogP contribution in [0.3, 0.4) is 0 Å². The average Bonchev–Trinajstić information content (AvgIpc) is 2.04. The van der Waals surface area contributed by atoms with E-state index in [1.807, 2.05) is 0 Å². The van der Waals surface area contributed by atoms with Gasteiger partial charge in [0.1, 0.15) is 12.2 Å². The number of esters is 1. The minimum Gasteiger partial charge on any atom is -0.468 e. The molecule has 0 radical (unpaired) electrons. The van der Waals surface area contributed by atoms with Crippen LogP contribution < -0.4 is 5.32 Å². The molecule has 0 aromatic rings. The standard InChI is InChI=1S/C7H12FNO2.ClH/c1-11-7(10)6-5(8)3-2-4-9-6;/h5-6,9H,2-4H2,1H3;1H/t5-,6+;/m1./s1. The van der Waals surface area contributed by atoms with Crippen LogP contribution in [0.15, 0.2) is 0 Å². The molecular weight excluding hydrogens is 185 g/mol. The van der Waals surface area contributed by atoms with E-state index in [0.717, 1.165) is 6.42 Å². The lowest BCUT2D eigenvalue weighted by molar-refractivity contribution is -0.145. The van der Waals surface area contributed by atoms with Gasteiger partial charge in [0.2, 0.25) is 0 Å². The zero-order chi connectivity index (χ0) is 8.27. The van der Waals surface area contributed by atoms with Crippen molar-refractivity contribution < 1.29 is 13.9 Å². The fourth-order valence-electron chi connectivity index (χ4n) is 1.21. The van der Waals surface area contributed by atoms with E-state index in [9.17, 15) is 9.18 Å². The minimum absolute atomic E-state index is 0. The number of piperidine rings is 1. The van der Waals surface area contributed by atoms with E-state index in [1.165, 1.54) is 7.11 Å². The van der Waals surface area contributed by atoms with Crippen LogP contribution in [0.5, 0.6) is 0 Å². The van der Waals surface area contributed by atoms with Crippen molar-refractivity contribution in [2.24, 2.45) is 0 Å². The first-order valence-corrected chi connectivity index (χ1v) is 3.71. The van der Waals surface area contributed by atoms with E-state index in [-0.39, 0.29) is 12.4 Å². The molecule has 0 spiro atoms. The zero-order valence-electron chi connectivity index (χ0n) is 6.88. The Hall–Kier alpha value is -0.350. The Morgan fingerprint density at radius 1 is 1.67 bits per heavy atom. The second-order valence-corrected chi connectivity index (χ2v) is 2.61. The molecule has 0 amide bonds. The van der Waals surface area contributed by atoms with Gasteiger partial charge in [-0.2, -0.15) is 0 Å². The highest BCUT2D eigenvalue weighted by Crippen LogP contribution is 2.12. The molecule has 0 aromatic heterocycles. The predicted molar refractivity (Wildman–Crippen MR) is 45.2 cm³/mol. The van der Waals surface area contributed by atoms with Crippen LogP contribution in [0.2, 0.25) is 0 Å². The van der Waals surface area contributed by atoms with Gasteiger partial charge in [0, 0.05) is 0 Å². The summed E-state index contributed by atoms with van der Waals surface area (Å²) < 4.78 is 17.3. The third kappa shape index (κ3) is 2.60. The van der Waals surface area contributed by atoms with E-state index >= 15 is 0 Å². The molecule has 1 N–H and O–H groups in total. The van der Waals surface area contributed by atoms with Gasteiger partial charge in [0.05, 0.1) is 7.11 Å². The highest BCUT2D eigenvalue weighted by molar-refractivity contribution is 5.85. The molecular formula is C7H13ClFNO2. The molecule has 2 atom stereocenters. The topological polar surface area (TPSA) is 38.3 Å². The van der Waals surface area contributed by atoms with Gasteiger partial charge in [-0.1, -0.05) is 0 Å². The summed E-state index contributed by atoms with van der Waals surface area (Å²) in [5, 5.41) is 2.77. The highest BCUT2D eigenvalue weighted by atomic mass is 35.5. The lowest BCUT2D eigenvalue weighted by atomic mass is 10.0. The number of hydrogen-bond acceptors (Lipinski definition) is 3. The summed E-state index contributed by atoms with van der Waals surface area (Å²) in [5.74, 6) is -0.503. The van der Waals surface area contributed by atoms with Crippen LogP contribution in [0, 0.1) is 0 Å². The average molecular weight is 198 g/mol. The first-order valence-electron chi connectivity index (χ1n) is 3.71. The molecule has 0 aromatic carbocycles. The summed E-state index contributed by atoms with van der Waals surface area (Å²) in [6, 6.07) is -0.742. The summed E-state index contributed by atoms with van der Waals surface area (Å²) in [6.45, 7) is 0.695. The maximum Gasteiger partial charge on any atom is 0.325 e. The van der Waals surface area contributed by atoms with Crippen molar-refractivity contribution in [2.75, 3.05) is 13.7 Å². The molecule has 0 saturated carbocycles. The van der Waals surface area contributed by atoms with Crippen molar-refractivity contribution in [2.45, 2.75) is 25.1 Å². The van der Waals surface area contributed by atoms with Gasteiger partial charge in [-0.3, -0.25) is 4.79 Å². The van der Waals surface area contributed by atoms with Crippen LogP contribution in [0.4, 0.5) is 4.39 Å². The lowest BCUT2D eigenvalue weighted by Crippen LogP contribution is -2.48. The van der Waals surface area contributed by atoms with E-state index in [1.54, 1.807) is 0 Å². The quantitative estimate of drug-likeness (QED) is 0.628. The van der Waals surface area contributed by atoms with Gasteiger partial charge >= 0.3 is 5.97 Å². The van der Waals surface area contributed by atoms with Crippen LogP contribution in [0.1, 0.15) is 12.8 Å². The third-order valence-corrected chi connectivity index (χ3v) is 1.84. The largest absolute Gasteiger partial charge is 0.468 e. The Labute approximate surface area is 77.1 Å². The molecule has 1 aliphatic heterocycles. The molecule has 1 rings (SSSR count). The van der Waals surface area contributed by atoms with E-state index < -0.39 is 18.2 Å². The number of hydrogen-bond donors (Lipinski definition) is 1. The summed E-state index contributed by atoms with van der Waals surface area (Å²) in [7, 11) is 1.27. The van der Waals surface area contributed by atoms with Crippen molar-refractivity contribution >= 4 is 18.4 Å². The third-order valence-electron chi connectivity index (χ3n) is 1.84. The molecule has 0 aliphatic carbocycles. The molecule has 3 nitrogen and oxygen atoms in total. The first-order chi connectivity index (χ1) is 5.25. The fourth-order valence-corrected chi connectivity index (χ4v) is 1.21. The van der Waals surface area contributed by atoms with Crippen molar-refractivity contribution in [3.63, 3.8) is 0 Å². The maximum atomic E-state index is 12.9. The molecule has 72 valence electrons. The maximum absolute atomic E-state index is 12.9. The predicted octanol–water partition coefficient (Wildman–Crippen LogP) is 0.671. The zero-order valence-corrected chi connectivity index (χ0v) is 7.70. The molecule has 1 heterocycles.